The first-order valence-corrected chi connectivity index (χ1v) is 7.94. The summed E-state index contributed by atoms with van der Waals surface area (Å²) in [5.74, 6) is 1.03. The summed E-state index contributed by atoms with van der Waals surface area (Å²) in [5.41, 5.74) is 5.24. The van der Waals surface area contributed by atoms with Crippen molar-refractivity contribution in [2.75, 3.05) is 7.05 Å². The number of ketones is 1. The van der Waals surface area contributed by atoms with Crippen LogP contribution in [0.2, 0.25) is 0 Å². The number of benzene rings is 1. The maximum atomic E-state index is 12.0. The van der Waals surface area contributed by atoms with E-state index in [1.165, 1.54) is 5.56 Å². The van der Waals surface area contributed by atoms with Crippen molar-refractivity contribution in [2.45, 2.75) is 52.1 Å². The average Bonchev–Trinajstić information content (AvgIpc) is 2.47. The Balaban J connectivity index is 2.48. The van der Waals surface area contributed by atoms with Crippen LogP contribution in [0.4, 0.5) is 0 Å². The number of hydrogen-bond acceptors (Lipinski definition) is 4. The van der Waals surface area contributed by atoms with Crippen molar-refractivity contribution in [3.8, 4) is 0 Å². The number of carbonyl (C=O) groups is 1. The fourth-order valence-electron chi connectivity index (χ4n) is 3.28. The van der Waals surface area contributed by atoms with Gasteiger partial charge in [-0.15, -0.1) is 0 Å². The molecule has 0 amide bonds. The van der Waals surface area contributed by atoms with Gasteiger partial charge in [-0.3, -0.25) is 9.80 Å². The van der Waals surface area contributed by atoms with Crippen molar-refractivity contribution in [1.29, 1.82) is 0 Å². The molecular formula is C18H27N3O. The second-order valence-corrected chi connectivity index (χ2v) is 6.42. The van der Waals surface area contributed by atoms with Gasteiger partial charge in [0.05, 0.1) is 11.6 Å². The minimum Gasteiger partial charge on any atom is -0.363 e. The van der Waals surface area contributed by atoms with E-state index >= 15 is 0 Å². The number of allylic oxidation sites excluding steroid dienone is 1. The largest absolute Gasteiger partial charge is 0.363 e. The van der Waals surface area contributed by atoms with E-state index < -0.39 is 0 Å². The maximum Gasteiger partial charge on any atom is 0.159 e. The van der Waals surface area contributed by atoms with Crippen LogP contribution < -0.4 is 10.7 Å². The van der Waals surface area contributed by atoms with E-state index in [1.54, 1.807) is 6.92 Å². The molecule has 1 aromatic rings. The fourth-order valence-corrected chi connectivity index (χ4v) is 3.28. The monoisotopic (exact) mass is 301 g/mol. The zero-order valence-corrected chi connectivity index (χ0v) is 14.2. The smallest absolute Gasteiger partial charge is 0.159 e. The van der Waals surface area contributed by atoms with Gasteiger partial charge < -0.3 is 5.32 Å². The van der Waals surface area contributed by atoms with Gasteiger partial charge in [0.2, 0.25) is 0 Å². The Morgan fingerprint density at radius 2 is 2.00 bits per heavy atom. The van der Waals surface area contributed by atoms with Crippen molar-refractivity contribution >= 4 is 5.78 Å². The highest BCUT2D eigenvalue weighted by atomic mass is 16.1. The van der Waals surface area contributed by atoms with Gasteiger partial charge in [-0.25, -0.2) is 5.43 Å². The van der Waals surface area contributed by atoms with Gasteiger partial charge in [-0.2, -0.15) is 0 Å². The first-order valence-electron chi connectivity index (χ1n) is 7.94. The van der Waals surface area contributed by atoms with Crippen LogP contribution in [-0.2, 0) is 4.79 Å². The second-order valence-electron chi connectivity index (χ2n) is 6.42. The molecule has 2 rings (SSSR count). The number of hydrazine groups is 1. The lowest BCUT2D eigenvalue weighted by Gasteiger charge is -2.49. The molecule has 0 aliphatic carbocycles. The first kappa shape index (κ1) is 16.6. The molecule has 0 saturated carbocycles. The molecule has 1 fully saturated rings. The first-order chi connectivity index (χ1) is 10.4. The third kappa shape index (κ3) is 3.17. The van der Waals surface area contributed by atoms with E-state index in [0.29, 0.717) is 6.42 Å². The molecule has 1 aromatic carbocycles. The maximum absolute atomic E-state index is 12.0. The Kier molecular flexibility index (Phi) is 4.91. The number of nitrogens with zero attached hydrogens (tertiary/aromatic N) is 1. The number of carbonyl (C=O) groups excluding carboxylic acids is 1. The lowest BCUT2D eigenvalue weighted by molar-refractivity contribution is -0.114. The van der Waals surface area contributed by atoms with Crippen molar-refractivity contribution in [3.63, 3.8) is 0 Å². The Morgan fingerprint density at radius 1 is 1.36 bits per heavy atom. The van der Waals surface area contributed by atoms with E-state index in [9.17, 15) is 4.79 Å². The van der Waals surface area contributed by atoms with E-state index in [1.807, 2.05) is 20.0 Å². The minimum absolute atomic E-state index is 0.0916. The molecule has 0 aromatic heterocycles. The third-order valence-electron chi connectivity index (χ3n) is 4.33. The molecule has 4 nitrogen and oxygen atoms in total. The van der Waals surface area contributed by atoms with Gasteiger partial charge >= 0.3 is 0 Å². The van der Waals surface area contributed by atoms with Crippen LogP contribution in [0.25, 0.3) is 0 Å². The number of rotatable bonds is 4. The molecule has 1 saturated heterocycles. The molecule has 2 N–H and O–H groups in total. The van der Waals surface area contributed by atoms with Gasteiger partial charge in [-0.05, 0) is 39.2 Å². The van der Waals surface area contributed by atoms with Crippen molar-refractivity contribution < 1.29 is 4.79 Å². The normalized spacial score (nSPS) is 23.0. The van der Waals surface area contributed by atoms with Crippen LogP contribution in [0, 0.1) is 0 Å². The van der Waals surface area contributed by atoms with Crippen LogP contribution in [0.15, 0.2) is 41.7 Å². The van der Waals surface area contributed by atoms with E-state index in [4.69, 9.17) is 0 Å². The highest BCUT2D eigenvalue weighted by molar-refractivity contribution is 5.93. The predicted octanol–water partition coefficient (Wildman–Crippen LogP) is 3.15. The van der Waals surface area contributed by atoms with Crippen LogP contribution in [0.3, 0.4) is 0 Å². The van der Waals surface area contributed by atoms with Crippen molar-refractivity contribution in [1.82, 2.24) is 15.8 Å². The summed E-state index contributed by atoms with van der Waals surface area (Å²) in [6.45, 7) is 8.07. The Bertz CT molecular complexity index is 563. The topological polar surface area (TPSA) is 44.4 Å². The highest BCUT2D eigenvalue weighted by Gasteiger charge is 2.38. The summed E-state index contributed by atoms with van der Waals surface area (Å²) in [7, 11) is 1.90. The minimum atomic E-state index is -0.0916. The quantitative estimate of drug-likeness (QED) is 0.839. The molecular weight excluding hydrogens is 274 g/mol. The molecule has 120 valence electrons. The Hall–Kier alpha value is -1.81. The lowest BCUT2D eigenvalue weighted by Crippen LogP contribution is -2.59. The van der Waals surface area contributed by atoms with Crippen molar-refractivity contribution in [3.05, 3.63) is 47.3 Å². The summed E-state index contributed by atoms with van der Waals surface area (Å²) in [6, 6.07) is 10.6. The molecule has 1 unspecified atom stereocenters. The Morgan fingerprint density at radius 3 is 2.50 bits per heavy atom. The van der Waals surface area contributed by atoms with Gasteiger partial charge in [-0.1, -0.05) is 37.3 Å². The standard InChI is InChI=1S/C18H27N3O/c1-6-15(13(2)22)17-20-16(14-10-8-7-9-11-14)12-18(3,4)21(17)19-5/h7-11,16,19-20H,6,12H2,1-5H3/b17-15+. The summed E-state index contributed by atoms with van der Waals surface area (Å²) < 4.78 is 0. The predicted molar refractivity (Wildman–Crippen MR) is 89.9 cm³/mol. The summed E-state index contributed by atoms with van der Waals surface area (Å²) >= 11 is 0. The molecule has 1 aliphatic rings. The highest BCUT2D eigenvalue weighted by Crippen LogP contribution is 2.36. The van der Waals surface area contributed by atoms with E-state index in [2.05, 4.69) is 53.9 Å². The Labute approximate surface area is 133 Å². The summed E-state index contributed by atoms with van der Waals surface area (Å²) in [6.07, 6.45) is 1.67. The SMILES string of the molecule is CC/C(C(C)=O)=C1/NC(c2ccccc2)CC(C)(C)N1NC. The van der Waals surface area contributed by atoms with Crippen molar-refractivity contribution in [2.24, 2.45) is 0 Å². The van der Waals surface area contributed by atoms with Gasteiger partial charge in [0.1, 0.15) is 5.82 Å². The van der Waals surface area contributed by atoms with Crippen LogP contribution >= 0.6 is 0 Å². The molecule has 0 radical (unpaired) electrons. The molecule has 1 heterocycles. The van der Waals surface area contributed by atoms with E-state index in [-0.39, 0.29) is 17.4 Å². The molecule has 22 heavy (non-hydrogen) atoms. The van der Waals surface area contributed by atoms with Crippen LogP contribution in [0.1, 0.15) is 52.1 Å². The third-order valence-corrected chi connectivity index (χ3v) is 4.33. The number of hydrogen-bond donors (Lipinski definition) is 2. The van der Waals surface area contributed by atoms with Gasteiger partial charge in [0, 0.05) is 12.6 Å². The average molecular weight is 301 g/mol. The van der Waals surface area contributed by atoms with Crippen LogP contribution in [-0.4, -0.2) is 23.4 Å². The fraction of sp³-hybridized carbons (Fsp3) is 0.500. The molecule has 0 spiro atoms. The van der Waals surface area contributed by atoms with Crippen LogP contribution in [0.5, 0.6) is 0 Å². The summed E-state index contributed by atoms with van der Waals surface area (Å²) in [4.78, 5) is 12.0. The molecule has 1 atom stereocenters. The zero-order chi connectivity index (χ0) is 16.3. The molecule has 1 aliphatic heterocycles. The van der Waals surface area contributed by atoms with Gasteiger partial charge in [0.25, 0.3) is 0 Å². The molecule has 0 bridgehead atoms. The second kappa shape index (κ2) is 6.53. The number of Topliss-reactive ketones (excluding diaryl/α,β-unsaturated/α-hetero) is 1. The van der Waals surface area contributed by atoms with E-state index in [0.717, 1.165) is 17.8 Å². The zero-order valence-electron chi connectivity index (χ0n) is 14.2. The van der Waals surface area contributed by atoms with Gasteiger partial charge in [0.15, 0.2) is 5.78 Å². The lowest BCUT2D eigenvalue weighted by atomic mass is 9.87. The molecule has 4 heteroatoms. The number of nitrogens with one attached hydrogen (secondary N) is 2. The summed E-state index contributed by atoms with van der Waals surface area (Å²) in [5, 5.41) is 5.67.